The molecular weight excluding hydrogens is 235 g/mol. The average molecular weight is 247 g/mol. The van der Waals surface area contributed by atoms with E-state index >= 15 is 0 Å². The number of nitrogens with two attached hydrogens (primary N) is 1. The smallest absolute Gasteiger partial charge is 0.139 e. The highest BCUT2D eigenvalue weighted by Crippen LogP contribution is 2.31. The molecule has 0 aliphatic heterocycles. The second-order valence-corrected chi connectivity index (χ2v) is 3.81. The second-order valence-electron chi connectivity index (χ2n) is 3.03. The van der Waals surface area contributed by atoms with Gasteiger partial charge in [0.1, 0.15) is 10.8 Å². The number of hydrogen-bond acceptors (Lipinski definition) is 2. The van der Waals surface area contributed by atoms with Crippen LogP contribution in [0.15, 0.2) is 18.2 Å². The van der Waals surface area contributed by atoms with Crippen LogP contribution in [0.4, 0.5) is 0 Å². The lowest BCUT2D eigenvalue weighted by molar-refractivity contribution is 0.313. The van der Waals surface area contributed by atoms with E-state index in [1.54, 1.807) is 18.2 Å². The summed E-state index contributed by atoms with van der Waals surface area (Å²) in [6.07, 6.45) is 1.22. The number of hydrogen-bond donors (Lipinski definition) is 2. The zero-order valence-corrected chi connectivity index (χ0v) is 9.61. The molecule has 3 nitrogen and oxygen atoms in total. The summed E-state index contributed by atoms with van der Waals surface area (Å²) in [6.45, 7) is 0.472. The highest BCUT2D eigenvalue weighted by atomic mass is 35.5. The highest BCUT2D eigenvalue weighted by molar-refractivity contribution is 6.42. The Morgan fingerprint density at radius 2 is 2.13 bits per heavy atom. The molecule has 0 atom stereocenters. The van der Waals surface area contributed by atoms with Gasteiger partial charge in [-0.15, -0.1) is 0 Å². The van der Waals surface area contributed by atoms with Gasteiger partial charge in [0.05, 0.1) is 17.5 Å². The summed E-state index contributed by atoms with van der Waals surface area (Å²) < 4.78 is 5.40. The van der Waals surface area contributed by atoms with E-state index in [0.717, 1.165) is 0 Å². The van der Waals surface area contributed by atoms with E-state index < -0.39 is 0 Å². The summed E-state index contributed by atoms with van der Waals surface area (Å²) in [7, 11) is 0. The zero-order chi connectivity index (χ0) is 11.3. The van der Waals surface area contributed by atoms with Crippen LogP contribution in [-0.4, -0.2) is 12.4 Å². The summed E-state index contributed by atoms with van der Waals surface area (Å²) >= 11 is 11.7. The minimum absolute atomic E-state index is 0.163. The van der Waals surface area contributed by atoms with Gasteiger partial charge in [-0.1, -0.05) is 29.3 Å². The van der Waals surface area contributed by atoms with Crippen molar-refractivity contribution in [3.8, 4) is 5.75 Å². The standard InChI is InChI=1S/C10H12Cl2N2O/c11-7-3-1-4-8(10(7)12)15-6-2-5-9(13)14/h1,3-4H,2,5-6H2,(H3,13,14). The number of rotatable bonds is 5. The van der Waals surface area contributed by atoms with Crippen molar-refractivity contribution in [2.24, 2.45) is 5.73 Å². The molecule has 0 radical (unpaired) electrons. The Balaban J connectivity index is 2.44. The molecule has 15 heavy (non-hydrogen) atoms. The van der Waals surface area contributed by atoms with Crippen LogP contribution in [0.2, 0.25) is 10.0 Å². The van der Waals surface area contributed by atoms with Gasteiger partial charge in [0.2, 0.25) is 0 Å². The van der Waals surface area contributed by atoms with Gasteiger partial charge in [0, 0.05) is 6.42 Å². The number of halogens is 2. The van der Waals surface area contributed by atoms with Crippen molar-refractivity contribution in [1.29, 1.82) is 5.41 Å². The molecule has 0 unspecified atom stereocenters. The quantitative estimate of drug-likeness (QED) is 0.477. The molecule has 0 fully saturated rings. The first-order valence-corrected chi connectivity index (χ1v) is 5.26. The summed E-state index contributed by atoms with van der Waals surface area (Å²) in [5, 5.41) is 7.92. The monoisotopic (exact) mass is 246 g/mol. The van der Waals surface area contributed by atoms with Crippen LogP contribution in [0, 0.1) is 5.41 Å². The minimum Gasteiger partial charge on any atom is -0.492 e. The van der Waals surface area contributed by atoms with Crippen LogP contribution in [-0.2, 0) is 0 Å². The molecule has 5 heteroatoms. The maximum absolute atomic E-state index is 7.03. The molecule has 0 saturated carbocycles. The number of amidine groups is 1. The molecule has 0 spiro atoms. The summed E-state index contributed by atoms with van der Waals surface area (Å²) in [5.74, 6) is 0.725. The van der Waals surface area contributed by atoms with Crippen LogP contribution in [0.5, 0.6) is 5.75 Å². The Bertz CT molecular complexity index is 355. The number of benzene rings is 1. The molecule has 1 rings (SSSR count). The average Bonchev–Trinajstić information content (AvgIpc) is 2.18. The summed E-state index contributed by atoms with van der Waals surface area (Å²) in [5.41, 5.74) is 5.21. The fraction of sp³-hybridized carbons (Fsp3) is 0.300. The van der Waals surface area contributed by atoms with E-state index in [4.69, 9.17) is 39.1 Å². The molecule has 82 valence electrons. The Hall–Kier alpha value is -0.930. The van der Waals surface area contributed by atoms with Gasteiger partial charge >= 0.3 is 0 Å². The summed E-state index contributed by atoms with van der Waals surface area (Å²) in [4.78, 5) is 0. The van der Waals surface area contributed by atoms with Crippen LogP contribution >= 0.6 is 23.2 Å². The lowest BCUT2D eigenvalue weighted by Crippen LogP contribution is -2.11. The predicted octanol–water partition coefficient (Wildman–Crippen LogP) is 3.09. The molecule has 0 aliphatic rings. The predicted molar refractivity (Wildman–Crippen MR) is 63.1 cm³/mol. The van der Waals surface area contributed by atoms with E-state index in [1.807, 2.05) is 0 Å². The van der Waals surface area contributed by atoms with E-state index in [1.165, 1.54) is 0 Å². The first-order chi connectivity index (χ1) is 7.11. The first-order valence-electron chi connectivity index (χ1n) is 4.51. The molecule has 0 amide bonds. The summed E-state index contributed by atoms with van der Waals surface area (Å²) in [6, 6.07) is 5.23. The molecule has 3 N–H and O–H groups in total. The van der Waals surface area contributed by atoms with Crippen LogP contribution in [0.1, 0.15) is 12.8 Å². The largest absolute Gasteiger partial charge is 0.492 e. The van der Waals surface area contributed by atoms with Crippen molar-refractivity contribution >= 4 is 29.0 Å². The van der Waals surface area contributed by atoms with Crippen LogP contribution in [0.25, 0.3) is 0 Å². The van der Waals surface area contributed by atoms with E-state index in [9.17, 15) is 0 Å². The van der Waals surface area contributed by atoms with Gasteiger partial charge in [-0.2, -0.15) is 0 Å². The highest BCUT2D eigenvalue weighted by Gasteiger charge is 2.04. The van der Waals surface area contributed by atoms with Crippen LogP contribution in [0.3, 0.4) is 0 Å². The van der Waals surface area contributed by atoms with E-state index in [2.05, 4.69) is 0 Å². The third kappa shape index (κ3) is 3.98. The maximum atomic E-state index is 7.03. The Labute approximate surface area is 98.6 Å². The molecule has 0 aliphatic carbocycles. The van der Waals surface area contributed by atoms with Gasteiger partial charge in [-0.05, 0) is 18.6 Å². The maximum Gasteiger partial charge on any atom is 0.139 e. The van der Waals surface area contributed by atoms with Gasteiger partial charge in [-0.25, -0.2) is 0 Å². The number of nitrogens with one attached hydrogen (secondary N) is 1. The molecule has 1 aromatic rings. The Morgan fingerprint density at radius 3 is 2.80 bits per heavy atom. The molecule has 0 aromatic heterocycles. The zero-order valence-electron chi connectivity index (χ0n) is 8.09. The van der Waals surface area contributed by atoms with Gasteiger partial charge in [0.25, 0.3) is 0 Å². The van der Waals surface area contributed by atoms with Crippen molar-refractivity contribution in [3.63, 3.8) is 0 Å². The van der Waals surface area contributed by atoms with E-state index in [-0.39, 0.29) is 5.84 Å². The van der Waals surface area contributed by atoms with E-state index in [0.29, 0.717) is 35.2 Å². The molecule has 0 saturated heterocycles. The van der Waals surface area contributed by atoms with Crippen molar-refractivity contribution in [1.82, 2.24) is 0 Å². The lowest BCUT2D eigenvalue weighted by Gasteiger charge is -2.08. The molecule has 0 heterocycles. The van der Waals surface area contributed by atoms with Crippen molar-refractivity contribution in [3.05, 3.63) is 28.2 Å². The van der Waals surface area contributed by atoms with Gasteiger partial charge in [-0.3, -0.25) is 5.41 Å². The van der Waals surface area contributed by atoms with Crippen LogP contribution < -0.4 is 10.5 Å². The van der Waals surface area contributed by atoms with Crippen molar-refractivity contribution < 1.29 is 4.74 Å². The topological polar surface area (TPSA) is 59.1 Å². The first kappa shape index (κ1) is 12.1. The minimum atomic E-state index is 0.163. The Kier molecular flexibility index (Phi) is 4.72. The fourth-order valence-corrected chi connectivity index (χ4v) is 1.39. The van der Waals surface area contributed by atoms with Crippen molar-refractivity contribution in [2.45, 2.75) is 12.8 Å². The number of ether oxygens (including phenoxy) is 1. The molecular formula is C10H12Cl2N2O. The Morgan fingerprint density at radius 1 is 1.40 bits per heavy atom. The van der Waals surface area contributed by atoms with Gasteiger partial charge in [0.15, 0.2) is 0 Å². The molecule has 0 bridgehead atoms. The lowest BCUT2D eigenvalue weighted by atomic mass is 10.3. The van der Waals surface area contributed by atoms with Crippen molar-refractivity contribution in [2.75, 3.05) is 6.61 Å². The molecule has 1 aromatic carbocycles. The SMILES string of the molecule is N=C(N)CCCOc1cccc(Cl)c1Cl. The third-order valence-corrected chi connectivity index (χ3v) is 2.57. The van der Waals surface area contributed by atoms with Gasteiger partial charge < -0.3 is 10.5 Å². The fourth-order valence-electron chi connectivity index (χ4n) is 1.04. The normalized spacial score (nSPS) is 10.0. The second kappa shape index (κ2) is 5.83. The third-order valence-electron chi connectivity index (χ3n) is 1.76.